The molecule has 3 heteroatoms. The first-order valence-corrected chi connectivity index (χ1v) is 7.05. The third-order valence-corrected chi connectivity index (χ3v) is 4.10. The molecule has 0 N–H and O–H groups in total. The van der Waals surface area contributed by atoms with E-state index in [1.165, 1.54) is 11.1 Å². The second-order valence-corrected chi connectivity index (χ2v) is 5.84. The van der Waals surface area contributed by atoms with Crippen LogP contribution in [0.3, 0.4) is 0 Å². The molecule has 0 aliphatic carbocycles. The highest BCUT2D eigenvalue weighted by molar-refractivity contribution is 9.10. The van der Waals surface area contributed by atoms with Crippen LogP contribution >= 0.6 is 15.9 Å². The Hall–Kier alpha value is -1.61. The number of hydrogen-bond acceptors (Lipinski definition) is 1. The molecule has 2 aromatic carbocycles. The first-order valence-electron chi connectivity index (χ1n) is 6.26. The van der Waals surface area contributed by atoms with Crippen LogP contribution in [-0.2, 0) is 7.05 Å². The molecule has 3 rings (SSSR count). The average molecular weight is 315 g/mol. The van der Waals surface area contributed by atoms with Crippen LogP contribution in [0.4, 0.5) is 0 Å². The highest BCUT2D eigenvalue weighted by Gasteiger charge is 2.10. The van der Waals surface area contributed by atoms with E-state index < -0.39 is 0 Å². The number of benzene rings is 2. The van der Waals surface area contributed by atoms with E-state index in [4.69, 9.17) is 4.98 Å². The van der Waals surface area contributed by atoms with Gasteiger partial charge in [-0.2, -0.15) is 0 Å². The standard InChI is InChI=1S/C16H15BrN2/c1-10-4-5-12(8-11(10)2)16-18-14-9-13(17)6-7-15(14)19(16)3/h4-9H,1-3H3. The molecule has 0 spiro atoms. The lowest BCUT2D eigenvalue weighted by atomic mass is 10.1. The van der Waals surface area contributed by atoms with Crippen molar-refractivity contribution in [2.24, 2.45) is 7.05 Å². The molecule has 1 heterocycles. The van der Waals surface area contributed by atoms with Gasteiger partial charge in [0.05, 0.1) is 11.0 Å². The zero-order chi connectivity index (χ0) is 13.6. The maximum atomic E-state index is 4.75. The van der Waals surface area contributed by atoms with Gasteiger partial charge in [0.15, 0.2) is 0 Å². The van der Waals surface area contributed by atoms with Crippen molar-refractivity contribution in [2.75, 3.05) is 0 Å². The summed E-state index contributed by atoms with van der Waals surface area (Å²) < 4.78 is 3.20. The SMILES string of the molecule is Cc1ccc(-c2nc3cc(Br)ccc3n2C)cc1C. The fourth-order valence-electron chi connectivity index (χ4n) is 2.31. The highest BCUT2D eigenvalue weighted by atomic mass is 79.9. The fourth-order valence-corrected chi connectivity index (χ4v) is 2.66. The maximum Gasteiger partial charge on any atom is 0.140 e. The van der Waals surface area contributed by atoms with Gasteiger partial charge in [-0.25, -0.2) is 4.98 Å². The zero-order valence-corrected chi connectivity index (χ0v) is 12.8. The lowest BCUT2D eigenvalue weighted by Gasteiger charge is -2.05. The Bertz CT molecular complexity index is 772. The van der Waals surface area contributed by atoms with E-state index in [0.717, 1.165) is 26.9 Å². The summed E-state index contributed by atoms with van der Waals surface area (Å²) in [5.41, 5.74) is 5.94. The number of nitrogens with zero attached hydrogens (tertiary/aromatic N) is 2. The van der Waals surface area contributed by atoms with Crippen molar-refractivity contribution in [3.8, 4) is 11.4 Å². The summed E-state index contributed by atoms with van der Waals surface area (Å²) in [6.07, 6.45) is 0. The lowest BCUT2D eigenvalue weighted by Crippen LogP contribution is -1.93. The summed E-state index contributed by atoms with van der Waals surface area (Å²) in [5, 5.41) is 0. The predicted molar refractivity (Wildman–Crippen MR) is 83.3 cm³/mol. The minimum Gasteiger partial charge on any atom is -0.327 e. The van der Waals surface area contributed by atoms with Crippen molar-refractivity contribution in [3.63, 3.8) is 0 Å². The fraction of sp³-hybridized carbons (Fsp3) is 0.188. The molecule has 1 aromatic heterocycles. The summed E-state index contributed by atoms with van der Waals surface area (Å²) in [6, 6.07) is 12.7. The Labute approximate surface area is 121 Å². The Morgan fingerprint density at radius 3 is 2.53 bits per heavy atom. The average Bonchev–Trinajstić information content (AvgIpc) is 2.70. The number of rotatable bonds is 1. The van der Waals surface area contributed by atoms with Gasteiger partial charge in [0.2, 0.25) is 0 Å². The summed E-state index contributed by atoms with van der Waals surface area (Å²) in [7, 11) is 2.06. The number of fused-ring (bicyclic) bond motifs is 1. The zero-order valence-electron chi connectivity index (χ0n) is 11.2. The van der Waals surface area contributed by atoms with Crippen LogP contribution in [0.5, 0.6) is 0 Å². The largest absolute Gasteiger partial charge is 0.327 e. The van der Waals surface area contributed by atoms with Gasteiger partial charge in [-0.1, -0.05) is 28.1 Å². The third-order valence-electron chi connectivity index (χ3n) is 3.61. The van der Waals surface area contributed by atoms with Crippen LogP contribution < -0.4 is 0 Å². The Morgan fingerprint density at radius 2 is 1.79 bits per heavy atom. The highest BCUT2D eigenvalue weighted by Crippen LogP contribution is 2.26. The van der Waals surface area contributed by atoms with Crippen molar-refractivity contribution in [2.45, 2.75) is 13.8 Å². The number of halogens is 1. The smallest absolute Gasteiger partial charge is 0.140 e. The van der Waals surface area contributed by atoms with Crippen molar-refractivity contribution in [1.82, 2.24) is 9.55 Å². The van der Waals surface area contributed by atoms with E-state index in [2.05, 4.69) is 71.7 Å². The van der Waals surface area contributed by atoms with Gasteiger partial charge in [-0.05, 0) is 49.2 Å². The van der Waals surface area contributed by atoms with E-state index in [1.54, 1.807) is 0 Å². The van der Waals surface area contributed by atoms with Gasteiger partial charge in [0, 0.05) is 17.1 Å². The molecule has 0 unspecified atom stereocenters. The Balaban J connectivity index is 2.24. The van der Waals surface area contributed by atoms with Crippen molar-refractivity contribution >= 4 is 27.0 Å². The monoisotopic (exact) mass is 314 g/mol. The van der Waals surface area contributed by atoms with E-state index >= 15 is 0 Å². The molecule has 0 aliphatic rings. The molecule has 0 saturated heterocycles. The van der Waals surface area contributed by atoms with Gasteiger partial charge >= 0.3 is 0 Å². The molecule has 96 valence electrons. The molecular weight excluding hydrogens is 300 g/mol. The Morgan fingerprint density at radius 1 is 1.00 bits per heavy atom. The molecule has 0 radical (unpaired) electrons. The first-order chi connectivity index (χ1) is 9.06. The van der Waals surface area contributed by atoms with Crippen molar-refractivity contribution in [1.29, 1.82) is 0 Å². The summed E-state index contributed by atoms with van der Waals surface area (Å²) >= 11 is 3.49. The van der Waals surface area contributed by atoms with Crippen LogP contribution in [0.25, 0.3) is 22.4 Å². The molecule has 2 nitrogen and oxygen atoms in total. The molecule has 3 aromatic rings. The topological polar surface area (TPSA) is 17.8 Å². The third kappa shape index (κ3) is 2.08. The number of hydrogen-bond donors (Lipinski definition) is 0. The molecule has 0 saturated carbocycles. The van der Waals surface area contributed by atoms with Gasteiger partial charge in [0.25, 0.3) is 0 Å². The number of aromatic nitrogens is 2. The molecule has 0 atom stereocenters. The van der Waals surface area contributed by atoms with E-state index in [9.17, 15) is 0 Å². The van der Waals surface area contributed by atoms with Gasteiger partial charge in [-0.3, -0.25) is 0 Å². The number of imidazole rings is 1. The van der Waals surface area contributed by atoms with Crippen LogP contribution in [0.1, 0.15) is 11.1 Å². The molecule has 19 heavy (non-hydrogen) atoms. The first kappa shape index (κ1) is 12.4. The van der Waals surface area contributed by atoms with Gasteiger partial charge in [0.1, 0.15) is 5.82 Å². The minimum atomic E-state index is 1.01. The Kier molecular flexibility index (Phi) is 2.94. The maximum absolute atomic E-state index is 4.75. The van der Waals surface area contributed by atoms with Crippen LogP contribution in [0.15, 0.2) is 40.9 Å². The minimum absolute atomic E-state index is 1.01. The van der Waals surface area contributed by atoms with Gasteiger partial charge < -0.3 is 4.57 Å². The number of aryl methyl sites for hydroxylation is 3. The van der Waals surface area contributed by atoms with E-state index in [0.29, 0.717) is 0 Å². The van der Waals surface area contributed by atoms with Gasteiger partial charge in [-0.15, -0.1) is 0 Å². The van der Waals surface area contributed by atoms with Crippen molar-refractivity contribution < 1.29 is 0 Å². The predicted octanol–water partition coefficient (Wildman–Crippen LogP) is 4.62. The van der Waals surface area contributed by atoms with E-state index in [-0.39, 0.29) is 0 Å². The molecular formula is C16H15BrN2. The molecule has 0 fully saturated rings. The molecule has 0 aliphatic heterocycles. The quantitative estimate of drug-likeness (QED) is 0.641. The van der Waals surface area contributed by atoms with Crippen LogP contribution in [0, 0.1) is 13.8 Å². The second kappa shape index (κ2) is 4.49. The summed E-state index contributed by atoms with van der Waals surface area (Å²) in [6.45, 7) is 4.27. The van der Waals surface area contributed by atoms with E-state index in [1.807, 2.05) is 6.07 Å². The summed E-state index contributed by atoms with van der Waals surface area (Å²) in [4.78, 5) is 4.75. The second-order valence-electron chi connectivity index (χ2n) is 4.93. The normalized spacial score (nSPS) is 11.2. The summed E-state index contributed by atoms with van der Waals surface area (Å²) in [5.74, 6) is 1.01. The molecule has 0 amide bonds. The van der Waals surface area contributed by atoms with Crippen LogP contribution in [0.2, 0.25) is 0 Å². The molecule has 0 bridgehead atoms. The van der Waals surface area contributed by atoms with Crippen molar-refractivity contribution in [3.05, 3.63) is 52.0 Å². The lowest BCUT2D eigenvalue weighted by molar-refractivity contribution is 0.959. The van der Waals surface area contributed by atoms with Crippen LogP contribution in [-0.4, -0.2) is 9.55 Å².